The van der Waals surface area contributed by atoms with Crippen molar-refractivity contribution in [3.63, 3.8) is 0 Å². The smallest absolute Gasteiger partial charge is 0.408 e. The average Bonchev–Trinajstić information content (AvgIpc) is 2.84. The first-order valence-electron chi connectivity index (χ1n) is 10.6. The van der Waals surface area contributed by atoms with Gasteiger partial charge in [0.25, 0.3) is 0 Å². The van der Waals surface area contributed by atoms with Crippen molar-refractivity contribution in [3.05, 3.63) is 83.4 Å². The Morgan fingerprint density at radius 2 is 1.78 bits per heavy atom. The maximum Gasteiger partial charge on any atom is 0.408 e. The molecular formula is C24H25N5O6S. The molecule has 2 amide bonds. The number of alkyl carbamates (subject to hydrolysis) is 1. The van der Waals surface area contributed by atoms with Crippen LogP contribution in [0.2, 0.25) is 0 Å². The molecule has 0 aliphatic rings. The predicted octanol–water partition coefficient (Wildman–Crippen LogP) is 1.32. The number of phenols is 1. The standard InChI is InChI=1S/C24H25N5O6S/c25-23(31)20(12-18-11-16(13-28-26)7-10-21(18)30)29-24(32)35-14-15-5-8-17(9-6-15)19-3-1-2-4-22(19)36(27,33)34/h1-11,13,20,30H,12,14,26H2,(H2,25,31)(H,29,32)(H2,27,33,34)/b28-13-. The van der Waals surface area contributed by atoms with Crippen molar-refractivity contribution < 1.29 is 27.9 Å². The van der Waals surface area contributed by atoms with Gasteiger partial charge in [-0.05, 0) is 46.5 Å². The number of ether oxygens (including phenoxy) is 1. The summed E-state index contributed by atoms with van der Waals surface area (Å²) in [4.78, 5) is 24.2. The minimum atomic E-state index is -3.91. The number of phenolic OH excluding ortho intramolecular Hbond substituents is 1. The van der Waals surface area contributed by atoms with E-state index in [1.165, 1.54) is 18.3 Å². The van der Waals surface area contributed by atoms with Crippen molar-refractivity contribution in [2.45, 2.75) is 24.0 Å². The number of nitrogens with zero attached hydrogens (tertiary/aromatic N) is 1. The Balaban J connectivity index is 1.64. The third kappa shape index (κ3) is 6.81. The number of hydrogen-bond acceptors (Lipinski definition) is 8. The molecule has 11 nitrogen and oxygen atoms in total. The van der Waals surface area contributed by atoms with Crippen LogP contribution in [0.3, 0.4) is 0 Å². The average molecular weight is 512 g/mol. The summed E-state index contributed by atoms with van der Waals surface area (Å²) in [6, 6.07) is 16.4. The molecule has 0 fully saturated rings. The van der Waals surface area contributed by atoms with E-state index in [0.29, 0.717) is 27.8 Å². The number of aromatic hydroxyl groups is 1. The van der Waals surface area contributed by atoms with Crippen molar-refractivity contribution in [1.82, 2.24) is 5.32 Å². The topological polar surface area (TPSA) is 200 Å². The molecule has 0 aliphatic heterocycles. The van der Waals surface area contributed by atoms with Gasteiger partial charge in [0, 0.05) is 12.0 Å². The van der Waals surface area contributed by atoms with E-state index < -0.39 is 28.1 Å². The number of hydrogen-bond donors (Lipinski definition) is 5. The molecule has 0 bridgehead atoms. The Labute approximate surface area is 207 Å². The number of nitrogens with one attached hydrogen (secondary N) is 1. The number of rotatable bonds is 9. The predicted molar refractivity (Wildman–Crippen MR) is 133 cm³/mol. The van der Waals surface area contributed by atoms with Crippen LogP contribution in [0.5, 0.6) is 5.75 Å². The molecule has 12 heteroatoms. The maximum absolute atomic E-state index is 12.3. The Hall–Kier alpha value is -4.42. The summed E-state index contributed by atoms with van der Waals surface area (Å²) in [5.74, 6) is 4.23. The van der Waals surface area contributed by atoms with Gasteiger partial charge in [0.1, 0.15) is 18.4 Å². The van der Waals surface area contributed by atoms with E-state index in [2.05, 4.69) is 10.4 Å². The van der Waals surface area contributed by atoms with E-state index in [1.807, 2.05) is 0 Å². The minimum absolute atomic E-state index is 0.00208. The lowest BCUT2D eigenvalue weighted by Crippen LogP contribution is -2.46. The van der Waals surface area contributed by atoms with Gasteiger partial charge in [-0.1, -0.05) is 42.5 Å². The molecule has 1 unspecified atom stereocenters. The first kappa shape index (κ1) is 26.2. The fourth-order valence-corrected chi connectivity index (χ4v) is 4.21. The summed E-state index contributed by atoms with van der Waals surface area (Å²) in [6.07, 6.45) is 0.394. The van der Waals surface area contributed by atoms with Crippen LogP contribution in [-0.2, 0) is 32.6 Å². The highest BCUT2D eigenvalue weighted by Crippen LogP contribution is 2.27. The third-order valence-electron chi connectivity index (χ3n) is 5.22. The SMILES string of the molecule is N/N=C\c1ccc(O)c(CC(NC(=O)OCc2ccc(-c3ccccc3S(N)(=O)=O)cc2)C(N)=O)c1. The number of carbonyl (C=O) groups excluding carboxylic acids is 2. The quantitative estimate of drug-likeness (QED) is 0.162. The number of sulfonamides is 1. The fraction of sp³-hybridized carbons (Fsp3) is 0.125. The van der Waals surface area contributed by atoms with E-state index in [1.54, 1.807) is 54.6 Å². The monoisotopic (exact) mass is 511 g/mol. The maximum atomic E-state index is 12.3. The number of primary sulfonamides is 1. The molecule has 1 atom stereocenters. The summed E-state index contributed by atoms with van der Waals surface area (Å²) in [5, 5.41) is 21.2. The number of carbonyl (C=O) groups is 2. The molecule has 8 N–H and O–H groups in total. The molecule has 3 rings (SSSR count). The minimum Gasteiger partial charge on any atom is -0.508 e. The Morgan fingerprint density at radius 1 is 1.08 bits per heavy atom. The number of nitrogens with two attached hydrogens (primary N) is 3. The van der Waals surface area contributed by atoms with Crippen LogP contribution >= 0.6 is 0 Å². The van der Waals surface area contributed by atoms with Gasteiger partial charge in [-0.25, -0.2) is 18.4 Å². The van der Waals surface area contributed by atoms with Crippen LogP contribution in [0.25, 0.3) is 11.1 Å². The van der Waals surface area contributed by atoms with Crippen LogP contribution in [0, 0.1) is 0 Å². The van der Waals surface area contributed by atoms with E-state index in [0.717, 1.165) is 0 Å². The summed E-state index contributed by atoms with van der Waals surface area (Å²) in [7, 11) is -3.91. The summed E-state index contributed by atoms with van der Waals surface area (Å²) >= 11 is 0. The summed E-state index contributed by atoms with van der Waals surface area (Å²) in [5.41, 5.74) is 8.03. The summed E-state index contributed by atoms with van der Waals surface area (Å²) in [6.45, 7) is -0.123. The van der Waals surface area contributed by atoms with Gasteiger partial charge < -0.3 is 26.7 Å². The highest BCUT2D eigenvalue weighted by molar-refractivity contribution is 7.89. The number of primary amides is 1. The van der Waals surface area contributed by atoms with E-state index in [-0.39, 0.29) is 23.7 Å². The van der Waals surface area contributed by atoms with Crippen molar-refractivity contribution in [2.75, 3.05) is 0 Å². The largest absolute Gasteiger partial charge is 0.508 e. The van der Waals surface area contributed by atoms with E-state index in [9.17, 15) is 23.1 Å². The second kappa shape index (κ2) is 11.3. The summed E-state index contributed by atoms with van der Waals surface area (Å²) < 4.78 is 28.9. The molecule has 188 valence electrons. The van der Waals surface area contributed by atoms with Gasteiger partial charge in [-0.3, -0.25) is 4.79 Å². The highest BCUT2D eigenvalue weighted by atomic mass is 32.2. The van der Waals surface area contributed by atoms with Crippen molar-refractivity contribution in [3.8, 4) is 16.9 Å². The lowest BCUT2D eigenvalue weighted by atomic mass is 10.0. The molecule has 0 aromatic heterocycles. The zero-order valence-electron chi connectivity index (χ0n) is 19.0. The normalized spacial score (nSPS) is 12.2. The van der Waals surface area contributed by atoms with Crippen LogP contribution in [-0.4, -0.2) is 37.8 Å². The number of hydrazone groups is 1. The molecule has 0 aliphatic carbocycles. The van der Waals surface area contributed by atoms with Crippen molar-refractivity contribution >= 4 is 28.2 Å². The molecule has 3 aromatic rings. The first-order chi connectivity index (χ1) is 17.1. The van der Waals surface area contributed by atoms with Crippen LogP contribution in [0.4, 0.5) is 4.79 Å². The zero-order chi connectivity index (χ0) is 26.3. The van der Waals surface area contributed by atoms with Crippen LogP contribution < -0.4 is 22.0 Å². The number of benzene rings is 3. The molecule has 0 radical (unpaired) electrons. The Morgan fingerprint density at radius 3 is 2.42 bits per heavy atom. The molecule has 0 heterocycles. The van der Waals surface area contributed by atoms with Gasteiger partial charge in [0.15, 0.2) is 0 Å². The van der Waals surface area contributed by atoms with E-state index in [4.69, 9.17) is 21.5 Å². The van der Waals surface area contributed by atoms with Crippen LogP contribution in [0.15, 0.2) is 76.7 Å². The lowest BCUT2D eigenvalue weighted by Gasteiger charge is -2.16. The van der Waals surface area contributed by atoms with Gasteiger partial charge in [-0.2, -0.15) is 5.10 Å². The second-order valence-corrected chi connectivity index (χ2v) is 9.31. The molecule has 3 aromatic carbocycles. The molecule has 36 heavy (non-hydrogen) atoms. The Kier molecular flexibility index (Phi) is 8.25. The molecule has 0 spiro atoms. The zero-order valence-corrected chi connectivity index (χ0v) is 19.8. The van der Waals surface area contributed by atoms with E-state index >= 15 is 0 Å². The van der Waals surface area contributed by atoms with Crippen molar-refractivity contribution in [1.29, 1.82) is 0 Å². The molecule has 0 saturated heterocycles. The first-order valence-corrected chi connectivity index (χ1v) is 12.1. The van der Waals surface area contributed by atoms with Crippen LogP contribution in [0.1, 0.15) is 16.7 Å². The van der Waals surface area contributed by atoms with Gasteiger partial charge in [0.2, 0.25) is 15.9 Å². The lowest BCUT2D eigenvalue weighted by molar-refractivity contribution is -0.119. The molecular weight excluding hydrogens is 486 g/mol. The van der Waals surface area contributed by atoms with Gasteiger partial charge >= 0.3 is 6.09 Å². The third-order valence-corrected chi connectivity index (χ3v) is 6.18. The van der Waals surface area contributed by atoms with Gasteiger partial charge in [-0.15, -0.1) is 0 Å². The fourth-order valence-electron chi connectivity index (χ4n) is 3.44. The molecule has 0 saturated carbocycles. The van der Waals surface area contributed by atoms with Crippen molar-refractivity contribution in [2.24, 2.45) is 21.8 Å². The number of amides is 2. The second-order valence-electron chi connectivity index (χ2n) is 7.78. The highest BCUT2D eigenvalue weighted by Gasteiger charge is 2.21. The Bertz CT molecular complexity index is 1390. The van der Waals surface area contributed by atoms with Gasteiger partial charge in [0.05, 0.1) is 11.1 Å².